The second-order valence-electron chi connectivity index (χ2n) is 2.81. The van der Waals surface area contributed by atoms with Gasteiger partial charge in [0.25, 0.3) is 0 Å². The van der Waals surface area contributed by atoms with Gasteiger partial charge in [-0.05, 0) is 17.7 Å². The predicted octanol–water partition coefficient (Wildman–Crippen LogP) is 3.29. The summed E-state index contributed by atoms with van der Waals surface area (Å²) in [4.78, 5) is 0. The van der Waals surface area contributed by atoms with Crippen molar-refractivity contribution >= 4 is 15.9 Å². The van der Waals surface area contributed by atoms with E-state index in [-0.39, 0.29) is 4.47 Å². The third-order valence-corrected chi connectivity index (χ3v) is 2.41. The molecule has 0 saturated heterocycles. The maximum absolute atomic E-state index is 12.7. The number of rotatable bonds is 1. The van der Waals surface area contributed by atoms with Crippen LogP contribution in [0.2, 0.25) is 0 Å². The van der Waals surface area contributed by atoms with Gasteiger partial charge in [-0.2, -0.15) is 13.2 Å². The summed E-state index contributed by atoms with van der Waals surface area (Å²) in [6.45, 7) is 0. The molecule has 0 heterocycles. The Kier molecular flexibility index (Phi) is 3.34. The summed E-state index contributed by atoms with van der Waals surface area (Å²) in [5, 5.41) is 0. The number of nitrogens with two attached hydrogens (primary N) is 1. The van der Waals surface area contributed by atoms with E-state index in [0.717, 1.165) is 0 Å². The van der Waals surface area contributed by atoms with Crippen molar-refractivity contribution in [3.63, 3.8) is 0 Å². The minimum Gasteiger partial charge on any atom is -0.316 e. The molecule has 0 aromatic heterocycles. The van der Waals surface area contributed by atoms with Crippen LogP contribution in [0.15, 0.2) is 16.6 Å². The van der Waals surface area contributed by atoms with Crippen molar-refractivity contribution in [1.82, 2.24) is 0 Å². The van der Waals surface area contributed by atoms with E-state index < -0.39 is 29.4 Å². The average Bonchev–Trinajstić information content (AvgIpc) is 2.08. The van der Waals surface area contributed by atoms with Gasteiger partial charge in [0.05, 0.1) is 0 Å². The highest BCUT2D eigenvalue weighted by atomic mass is 79.9. The molecule has 1 nitrogen and oxygen atoms in total. The van der Waals surface area contributed by atoms with Crippen LogP contribution in [0.3, 0.4) is 0 Å². The van der Waals surface area contributed by atoms with Crippen molar-refractivity contribution in [1.29, 1.82) is 0 Å². The lowest BCUT2D eigenvalue weighted by molar-refractivity contribution is -0.149. The molecule has 0 aliphatic rings. The molecule has 7 heteroatoms. The molecule has 0 radical (unpaired) electrons. The van der Waals surface area contributed by atoms with Crippen LogP contribution in [0, 0.1) is 11.6 Å². The van der Waals surface area contributed by atoms with Gasteiger partial charge in [0, 0.05) is 4.47 Å². The van der Waals surface area contributed by atoms with Crippen molar-refractivity contribution in [2.75, 3.05) is 0 Å². The summed E-state index contributed by atoms with van der Waals surface area (Å²) in [7, 11) is 0. The smallest absolute Gasteiger partial charge is 0.316 e. The third kappa shape index (κ3) is 2.66. The zero-order valence-electron chi connectivity index (χ0n) is 7.08. The molecule has 1 rings (SSSR count). The van der Waals surface area contributed by atoms with Gasteiger partial charge in [-0.15, -0.1) is 0 Å². The average molecular weight is 290 g/mol. The van der Waals surface area contributed by atoms with Crippen LogP contribution in [0.1, 0.15) is 11.6 Å². The maximum Gasteiger partial charge on any atom is 0.407 e. The van der Waals surface area contributed by atoms with Gasteiger partial charge in [0.15, 0.2) is 11.6 Å². The van der Waals surface area contributed by atoms with Gasteiger partial charge in [-0.25, -0.2) is 8.78 Å². The number of benzene rings is 1. The molecule has 15 heavy (non-hydrogen) atoms. The quantitative estimate of drug-likeness (QED) is 0.623. The van der Waals surface area contributed by atoms with Gasteiger partial charge in [-0.3, -0.25) is 0 Å². The fourth-order valence-electron chi connectivity index (χ4n) is 0.953. The van der Waals surface area contributed by atoms with Crippen LogP contribution in [-0.4, -0.2) is 6.18 Å². The molecule has 84 valence electrons. The van der Waals surface area contributed by atoms with Crippen molar-refractivity contribution < 1.29 is 22.0 Å². The maximum atomic E-state index is 12.7. The molecule has 0 unspecified atom stereocenters. The van der Waals surface area contributed by atoms with Crippen LogP contribution < -0.4 is 5.73 Å². The van der Waals surface area contributed by atoms with Gasteiger partial charge in [0.2, 0.25) is 0 Å². The van der Waals surface area contributed by atoms with E-state index in [1.807, 2.05) is 0 Å². The van der Waals surface area contributed by atoms with Crippen LogP contribution in [0.25, 0.3) is 0 Å². The number of hydrogen-bond acceptors (Lipinski definition) is 1. The molecule has 1 aromatic carbocycles. The Balaban J connectivity index is 3.21. The number of alkyl halides is 3. The van der Waals surface area contributed by atoms with Crippen molar-refractivity contribution in [3.8, 4) is 0 Å². The minimum absolute atomic E-state index is 0.216. The molecule has 1 atom stereocenters. The standard InChI is InChI=1S/C8H5BrF5N/c9-4-2-6(11)5(10)1-3(4)7(15)8(12,13)14/h1-2,7H,15H2/t7-/m0/s1. The zero-order valence-corrected chi connectivity index (χ0v) is 8.66. The molecule has 1 aromatic rings. The van der Waals surface area contributed by atoms with Crippen molar-refractivity contribution in [2.24, 2.45) is 5.73 Å². The first-order valence-corrected chi connectivity index (χ1v) is 4.49. The van der Waals surface area contributed by atoms with Crippen LogP contribution in [0.4, 0.5) is 22.0 Å². The first-order chi connectivity index (χ1) is 6.73. The summed E-state index contributed by atoms with van der Waals surface area (Å²) in [6, 6.07) is -1.31. The summed E-state index contributed by atoms with van der Waals surface area (Å²) < 4.78 is 61.6. The van der Waals surface area contributed by atoms with E-state index >= 15 is 0 Å². The summed E-state index contributed by atoms with van der Waals surface area (Å²) in [5.41, 5.74) is 4.31. The fraction of sp³-hybridized carbons (Fsp3) is 0.250. The van der Waals surface area contributed by atoms with Crippen LogP contribution >= 0.6 is 15.9 Å². The third-order valence-electron chi connectivity index (χ3n) is 1.73. The Bertz CT molecular complexity index is 376. The Labute approximate surface area is 90.2 Å². The van der Waals surface area contributed by atoms with Crippen molar-refractivity contribution in [3.05, 3.63) is 33.8 Å². The Hall–Kier alpha value is -0.690. The molecule has 0 amide bonds. The molecule has 2 N–H and O–H groups in total. The zero-order chi connectivity index (χ0) is 11.8. The molecule has 0 saturated carbocycles. The van der Waals surface area contributed by atoms with E-state index in [1.54, 1.807) is 0 Å². The van der Waals surface area contributed by atoms with Gasteiger partial charge >= 0.3 is 6.18 Å². The van der Waals surface area contributed by atoms with E-state index in [4.69, 9.17) is 5.73 Å². The van der Waals surface area contributed by atoms with Gasteiger partial charge in [-0.1, -0.05) is 15.9 Å². The lowest BCUT2D eigenvalue weighted by Gasteiger charge is -2.17. The second kappa shape index (κ2) is 4.05. The second-order valence-corrected chi connectivity index (χ2v) is 3.66. The largest absolute Gasteiger partial charge is 0.407 e. The highest BCUT2D eigenvalue weighted by Crippen LogP contribution is 2.35. The minimum atomic E-state index is -4.70. The van der Waals surface area contributed by atoms with E-state index in [2.05, 4.69) is 15.9 Å². The Morgan fingerprint density at radius 2 is 1.60 bits per heavy atom. The highest BCUT2D eigenvalue weighted by molar-refractivity contribution is 9.10. The first kappa shape index (κ1) is 12.4. The molecule has 0 spiro atoms. The van der Waals surface area contributed by atoms with Crippen LogP contribution in [0.5, 0.6) is 0 Å². The van der Waals surface area contributed by atoms with Gasteiger partial charge < -0.3 is 5.73 Å². The lowest BCUT2D eigenvalue weighted by Crippen LogP contribution is -2.29. The normalized spacial score (nSPS) is 14.1. The summed E-state index contributed by atoms with van der Waals surface area (Å²) >= 11 is 2.69. The van der Waals surface area contributed by atoms with E-state index in [1.165, 1.54) is 0 Å². The Morgan fingerprint density at radius 1 is 1.13 bits per heavy atom. The summed E-state index contributed by atoms with van der Waals surface area (Å²) in [6.07, 6.45) is -4.70. The highest BCUT2D eigenvalue weighted by Gasteiger charge is 2.39. The monoisotopic (exact) mass is 289 g/mol. The fourth-order valence-corrected chi connectivity index (χ4v) is 1.51. The van der Waals surface area contributed by atoms with E-state index in [9.17, 15) is 22.0 Å². The Morgan fingerprint density at radius 3 is 2.07 bits per heavy atom. The molecular formula is C8H5BrF5N. The van der Waals surface area contributed by atoms with E-state index in [0.29, 0.717) is 12.1 Å². The first-order valence-electron chi connectivity index (χ1n) is 3.70. The number of hydrogen-bond donors (Lipinski definition) is 1. The molecule has 0 bridgehead atoms. The SMILES string of the molecule is N[C@@H](c1cc(F)c(F)cc1Br)C(F)(F)F. The summed E-state index contributed by atoms with van der Waals surface area (Å²) in [5.74, 6) is -2.60. The topological polar surface area (TPSA) is 26.0 Å². The molecular weight excluding hydrogens is 285 g/mol. The number of halogens is 6. The lowest BCUT2D eigenvalue weighted by atomic mass is 10.1. The molecule has 0 aliphatic heterocycles. The predicted molar refractivity (Wildman–Crippen MR) is 47.0 cm³/mol. The van der Waals surface area contributed by atoms with Crippen molar-refractivity contribution in [2.45, 2.75) is 12.2 Å². The molecule has 0 fully saturated rings. The van der Waals surface area contributed by atoms with Crippen LogP contribution in [-0.2, 0) is 0 Å². The molecule has 0 aliphatic carbocycles. The van der Waals surface area contributed by atoms with Gasteiger partial charge in [0.1, 0.15) is 6.04 Å².